The highest BCUT2D eigenvalue weighted by Gasteiger charge is 2.18. The average molecular weight is 331 g/mol. The van der Waals surface area contributed by atoms with Crippen LogP contribution in [0.4, 0.5) is 10.5 Å². The first kappa shape index (κ1) is 17.4. The van der Waals surface area contributed by atoms with Crippen molar-refractivity contribution in [3.05, 3.63) is 42.2 Å². The van der Waals surface area contributed by atoms with Gasteiger partial charge in [-0.05, 0) is 24.3 Å². The summed E-state index contributed by atoms with van der Waals surface area (Å²) in [6.45, 7) is 0.343. The number of hydrogen-bond acceptors (Lipinski definition) is 5. The summed E-state index contributed by atoms with van der Waals surface area (Å²) < 4.78 is 16.1. The molecule has 0 fully saturated rings. The smallest absolute Gasteiger partial charge is 0.321 e. The Morgan fingerprint density at radius 2 is 1.88 bits per heavy atom. The van der Waals surface area contributed by atoms with Gasteiger partial charge in [-0.15, -0.1) is 0 Å². The molecule has 24 heavy (non-hydrogen) atoms. The number of ether oxygens (including phenoxy) is 3. The molecule has 0 saturated heterocycles. The van der Waals surface area contributed by atoms with E-state index in [0.717, 1.165) is 5.56 Å². The molecule has 0 atom stereocenters. The van der Waals surface area contributed by atoms with Crippen LogP contribution in [0.25, 0.3) is 0 Å². The van der Waals surface area contributed by atoms with Crippen molar-refractivity contribution in [2.75, 3.05) is 33.7 Å². The number of nitrogens with one attached hydrogen (secondary N) is 1. The van der Waals surface area contributed by atoms with Gasteiger partial charge in [0.25, 0.3) is 0 Å². The minimum atomic E-state index is -0.250. The number of amides is 2. The molecular weight excluding hydrogens is 310 g/mol. The highest BCUT2D eigenvalue weighted by Crippen LogP contribution is 2.40. The number of hydrogen-bond donors (Lipinski definition) is 1. The van der Waals surface area contributed by atoms with Gasteiger partial charge >= 0.3 is 6.03 Å². The van der Waals surface area contributed by atoms with Crippen molar-refractivity contribution in [1.29, 1.82) is 0 Å². The topological polar surface area (TPSA) is 72.9 Å². The van der Waals surface area contributed by atoms with Gasteiger partial charge in [0.15, 0.2) is 11.5 Å². The monoisotopic (exact) mass is 331 g/mol. The van der Waals surface area contributed by atoms with Gasteiger partial charge in [0.1, 0.15) is 0 Å². The van der Waals surface area contributed by atoms with E-state index in [1.54, 1.807) is 59.0 Å². The van der Waals surface area contributed by atoms with Crippen LogP contribution in [0, 0.1) is 0 Å². The van der Waals surface area contributed by atoms with E-state index in [-0.39, 0.29) is 6.03 Å². The van der Waals surface area contributed by atoms with E-state index in [9.17, 15) is 4.79 Å². The fourth-order valence-electron chi connectivity index (χ4n) is 2.27. The molecule has 128 valence electrons. The Balaban J connectivity index is 2.16. The van der Waals surface area contributed by atoms with Crippen molar-refractivity contribution in [1.82, 2.24) is 9.88 Å². The molecule has 2 amide bonds. The molecule has 2 rings (SSSR count). The van der Waals surface area contributed by atoms with Crippen molar-refractivity contribution in [2.45, 2.75) is 6.54 Å². The largest absolute Gasteiger partial charge is 0.493 e. The number of pyridine rings is 1. The third kappa shape index (κ3) is 3.87. The van der Waals surface area contributed by atoms with Gasteiger partial charge in [-0.2, -0.15) is 0 Å². The second-order valence-corrected chi connectivity index (χ2v) is 5.02. The first-order valence-corrected chi connectivity index (χ1v) is 7.30. The van der Waals surface area contributed by atoms with Crippen LogP contribution in [0.1, 0.15) is 5.56 Å². The SMILES string of the molecule is COc1ccc(CN(C)C(=O)Nc2cccnc2)c(OC)c1OC. The van der Waals surface area contributed by atoms with Gasteiger partial charge in [0, 0.05) is 18.8 Å². The van der Waals surface area contributed by atoms with Gasteiger partial charge in [-0.3, -0.25) is 4.98 Å². The lowest BCUT2D eigenvalue weighted by molar-refractivity contribution is 0.220. The van der Waals surface area contributed by atoms with E-state index in [0.29, 0.717) is 29.5 Å². The van der Waals surface area contributed by atoms with Crippen LogP contribution < -0.4 is 19.5 Å². The molecular formula is C17H21N3O4. The van der Waals surface area contributed by atoms with Gasteiger partial charge in [0.2, 0.25) is 5.75 Å². The summed E-state index contributed by atoms with van der Waals surface area (Å²) >= 11 is 0. The normalized spacial score (nSPS) is 10.0. The number of methoxy groups -OCH3 is 3. The molecule has 0 radical (unpaired) electrons. The van der Waals surface area contributed by atoms with Crippen molar-refractivity contribution >= 4 is 11.7 Å². The molecule has 0 bridgehead atoms. The number of nitrogens with zero attached hydrogens (tertiary/aromatic N) is 2. The lowest BCUT2D eigenvalue weighted by Crippen LogP contribution is -2.31. The molecule has 0 saturated carbocycles. The minimum Gasteiger partial charge on any atom is -0.493 e. The molecule has 0 aliphatic rings. The standard InChI is InChI=1S/C17H21N3O4/c1-20(17(21)19-13-6-5-9-18-10-13)11-12-7-8-14(22-2)16(24-4)15(12)23-3/h5-10H,11H2,1-4H3,(H,19,21). The van der Waals surface area contributed by atoms with Crippen LogP contribution in [0.5, 0.6) is 17.2 Å². The molecule has 1 aromatic carbocycles. The Labute approximate surface area is 141 Å². The van der Waals surface area contributed by atoms with Crippen LogP contribution >= 0.6 is 0 Å². The Kier molecular flexibility index (Phi) is 5.83. The third-order valence-electron chi connectivity index (χ3n) is 3.45. The number of carbonyl (C=O) groups is 1. The minimum absolute atomic E-state index is 0.250. The maximum absolute atomic E-state index is 12.3. The summed E-state index contributed by atoms with van der Waals surface area (Å²) in [4.78, 5) is 17.8. The molecule has 1 aromatic heterocycles. The zero-order valence-electron chi connectivity index (χ0n) is 14.2. The lowest BCUT2D eigenvalue weighted by Gasteiger charge is -2.21. The first-order valence-electron chi connectivity index (χ1n) is 7.30. The van der Waals surface area contributed by atoms with Gasteiger partial charge in [-0.25, -0.2) is 4.79 Å². The summed E-state index contributed by atoms with van der Waals surface area (Å²) in [6.07, 6.45) is 3.23. The van der Waals surface area contributed by atoms with Crippen molar-refractivity contribution < 1.29 is 19.0 Å². The summed E-state index contributed by atoms with van der Waals surface area (Å²) in [5, 5.41) is 2.78. The molecule has 0 unspecified atom stereocenters. The quantitative estimate of drug-likeness (QED) is 0.881. The molecule has 2 aromatic rings. The van der Waals surface area contributed by atoms with Crippen LogP contribution in [-0.2, 0) is 6.54 Å². The second-order valence-electron chi connectivity index (χ2n) is 5.02. The molecule has 0 spiro atoms. The zero-order valence-corrected chi connectivity index (χ0v) is 14.2. The molecule has 0 aliphatic carbocycles. The highest BCUT2D eigenvalue weighted by molar-refractivity contribution is 5.88. The van der Waals surface area contributed by atoms with Crippen LogP contribution in [0.15, 0.2) is 36.7 Å². The summed E-state index contributed by atoms with van der Waals surface area (Å²) in [6, 6.07) is 6.90. The number of urea groups is 1. The third-order valence-corrected chi connectivity index (χ3v) is 3.45. The maximum atomic E-state index is 12.3. The molecule has 7 nitrogen and oxygen atoms in total. The molecule has 7 heteroatoms. The van der Waals surface area contributed by atoms with E-state index in [1.165, 1.54) is 4.90 Å². The number of benzene rings is 1. The fraction of sp³-hybridized carbons (Fsp3) is 0.294. The fourth-order valence-corrected chi connectivity index (χ4v) is 2.27. The number of carbonyl (C=O) groups excluding carboxylic acids is 1. The second kappa shape index (κ2) is 8.05. The molecule has 1 N–H and O–H groups in total. The van der Waals surface area contributed by atoms with Gasteiger partial charge < -0.3 is 24.4 Å². The average Bonchev–Trinajstić information content (AvgIpc) is 2.61. The maximum Gasteiger partial charge on any atom is 0.321 e. The summed E-state index contributed by atoms with van der Waals surface area (Å²) in [7, 11) is 6.35. The lowest BCUT2D eigenvalue weighted by atomic mass is 10.1. The highest BCUT2D eigenvalue weighted by atomic mass is 16.5. The van der Waals surface area contributed by atoms with E-state index in [2.05, 4.69) is 10.3 Å². The van der Waals surface area contributed by atoms with Gasteiger partial charge in [0.05, 0.1) is 39.8 Å². The van der Waals surface area contributed by atoms with Gasteiger partial charge in [-0.1, -0.05) is 0 Å². The van der Waals surface area contributed by atoms with Crippen LogP contribution in [-0.4, -0.2) is 44.3 Å². The Hall–Kier alpha value is -2.96. The van der Waals surface area contributed by atoms with Crippen molar-refractivity contribution in [3.63, 3.8) is 0 Å². The van der Waals surface area contributed by atoms with E-state index >= 15 is 0 Å². The number of anilines is 1. The van der Waals surface area contributed by atoms with Crippen molar-refractivity contribution in [3.8, 4) is 17.2 Å². The Bertz CT molecular complexity index is 692. The molecule has 0 aliphatic heterocycles. The predicted octanol–water partition coefficient (Wildman–Crippen LogP) is 2.77. The number of rotatable bonds is 6. The summed E-state index contributed by atoms with van der Waals surface area (Å²) in [5.41, 5.74) is 1.44. The van der Waals surface area contributed by atoms with Crippen molar-refractivity contribution in [2.24, 2.45) is 0 Å². The van der Waals surface area contributed by atoms with E-state index in [4.69, 9.17) is 14.2 Å². The molecule has 1 heterocycles. The predicted molar refractivity (Wildman–Crippen MR) is 90.8 cm³/mol. The number of aromatic nitrogens is 1. The Morgan fingerprint density at radius 1 is 1.12 bits per heavy atom. The van der Waals surface area contributed by atoms with E-state index < -0.39 is 0 Å². The first-order chi connectivity index (χ1) is 11.6. The zero-order chi connectivity index (χ0) is 17.5. The summed E-state index contributed by atoms with van der Waals surface area (Å²) in [5.74, 6) is 1.61. The van der Waals surface area contributed by atoms with E-state index in [1.807, 2.05) is 6.07 Å². The Morgan fingerprint density at radius 3 is 2.46 bits per heavy atom. The van der Waals surface area contributed by atoms with Crippen LogP contribution in [0.3, 0.4) is 0 Å². The van der Waals surface area contributed by atoms with Crippen LogP contribution in [0.2, 0.25) is 0 Å².